The maximum absolute atomic E-state index is 13.2. The summed E-state index contributed by atoms with van der Waals surface area (Å²) in [5.74, 6) is 1.36. The number of rotatable bonds is 4. The third kappa shape index (κ3) is 4.08. The molecule has 0 aliphatic heterocycles. The lowest BCUT2D eigenvalue weighted by Gasteiger charge is -2.24. The van der Waals surface area contributed by atoms with Gasteiger partial charge in [0.25, 0.3) is 0 Å². The van der Waals surface area contributed by atoms with E-state index in [4.69, 9.17) is 0 Å². The van der Waals surface area contributed by atoms with Crippen molar-refractivity contribution in [3.63, 3.8) is 0 Å². The van der Waals surface area contributed by atoms with Gasteiger partial charge in [-0.05, 0) is 36.0 Å². The fourth-order valence-corrected chi connectivity index (χ4v) is 3.85. The molecule has 1 fully saturated rings. The van der Waals surface area contributed by atoms with E-state index in [-0.39, 0.29) is 5.82 Å². The van der Waals surface area contributed by atoms with Crippen LogP contribution in [0.5, 0.6) is 0 Å². The molecular formula is C16H22BrF. The van der Waals surface area contributed by atoms with Gasteiger partial charge in [0.15, 0.2) is 0 Å². The van der Waals surface area contributed by atoms with Gasteiger partial charge in [0, 0.05) is 5.33 Å². The van der Waals surface area contributed by atoms with Crippen LogP contribution in [0.1, 0.15) is 44.1 Å². The van der Waals surface area contributed by atoms with E-state index in [9.17, 15) is 4.39 Å². The molecule has 0 amide bonds. The van der Waals surface area contributed by atoms with Crippen LogP contribution in [0.4, 0.5) is 4.39 Å². The van der Waals surface area contributed by atoms with Crippen molar-refractivity contribution >= 4 is 15.9 Å². The maximum atomic E-state index is 13.2. The average molecular weight is 313 g/mol. The van der Waals surface area contributed by atoms with Gasteiger partial charge < -0.3 is 0 Å². The molecule has 0 spiro atoms. The lowest BCUT2D eigenvalue weighted by atomic mass is 9.83. The normalized spacial score (nSPS) is 19.4. The SMILES string of the molecule is Fc1cccc(CC(CBr)C2CCCCCC2)c1. The Morgan fingerprint density at radius 3 is 2.50 bits per heavy atom. The summed E-state index contributed by atoms with van der Waals surface area (Å²) in [4.78, 5) is 0. The number of benzene rings is 1. The van der Waals surface area contributed by atoms with Crippen LogP contribution in [0.3, 0.4) is 0 Å². The minimum absolute atomic E-state index is 0.110. The van der Waals surface area contributed by atoms with E-state index in [1.807, 2.05) is 6.07 Å². The number of hydrogen-bond acceptors (Lipinski definition) is 0. The van der Waals surface area contributed by atoms with Crippen LogP contribution in [-0.2, 0) is 6.42 Å². The highest BCUT2D eigenvalue weighted by molar-refractivity contribution is 9.09. The smallest absolute Gasteiger partial charge is 0.123 e. The summed E-state index contributed by atoms with van der Waals surface area (Å²) in [7, 11) is 0. The molecule has 1 aromatic rings. The zero-order chi connectivity index (χ0) is 12.8. The molecule has 1 aliphatic rings. The van der Waals surface area contributed by atoms with Crippen molar-refractivity contribution in [2.45, 2.75) is 44.9 Å². The Labute approximate surface area is 118 Å². The largest absolute Gasteiger partial charge is 0.207 e. The summed E-state index contributed by atoms with van der Waals surface area (Å²) in [5, 5.41) is 1.04. The lowest BCUT2D eigenvalue weighted by molar-refractivity contribution is 0.324. The van der Waals surface area contributed by atoms with Crippen LogP contribution in [0.25, 0.3) is 0 Å². The molecule has 1 aromatic carbocycles. The first-order valence-electron chi connectivity index (χ1n) is 7.10. The highest BCUT2D eigenvalue weighted by atomic mass is 79.9. The zero-order valence-electron chi connectivity index (χ0n) is 10.9. The van der Waals surface area contributed by atoms with Gasteiger partial charge in [-0.2, -0.15) is 0 Å². The second-order valence-electron chi connectivity index (χ2n) is 5.50. The van der Waals surface area contributed by atoms with Crippen LogP contribution < -0.4 is 0 Å². The third-order valence-electron chi connectivity index (χ3n) is 4.15. The minimum Gasteiger partial charge on any atom is -0.207 e. The van der Waals surface area contributed by atoms with Gasteiger partial charge in [-0.3, -0.25) is 0 Å². The Hall–Kier alpha value is -0.370. The summed E-state index contributed by atoms with van der Waals surface area (Å²) in [6.07, 6.45) is 9.25. The minimum atomic E-state index is -0.110. The van der Waals surface area contributed by atoms with Gasteiger partial charge in [-0.25, -0.2) is 4.39 Å². The molecule has 1 aliphatic carbocycles. The molecule has 1 unspecified atom stereocenters. The average Bonchev–Trinajstić information content (AvgIpc) is 2.65. The van der Waals surface area contributed by atoms with Crippen molar-refractivity contribution < 1.29 is 4.39 Å². The first-order chi connectivity index (χ1) is 8.79. The van der Waals surface area contributed by atoms with E-state index in [0.29, 0.717) is 5.92 Å². The molecule has 0 N–H and O–H groups in total. The molecule has 1 atom stereocenters. The van der Waals surface area contributed by atoms with Gasteiger partial charge in [-0.15, -0.1) is 0 Å². The molecule has 0 saturated heterocycles. The molecule has 100 valence electrons. The van der Waals surface area contributed by atoms with E-state index < -0.39 is 0 Å². The number of alkyl halides is 1. The molecule has 2 rings (SSSR count). The van der Waals surface area contributed by atoms with E-state index in [1.165, 1.54) is 44.6 Å². The standard InChI is InChI=1S/C16H22BrF/c17-12-15(14-7-3-1-2-4-8-14)10-13-6-5-9-16(18)11-13/h5-6,9,11,14-15H,1-4,7-8,10,12H2. The van der Waals surface area contributed by atoms with Crippen molar-refractivity contribution in [2.24, 2.45) is 11.8 Å². The lowest BCUT2D eigenvalue weighted by Crippen LogP contribution is -2.18. The Morgan fingerprint density at radius 2 is 1.89 bits per heavy atom. The maximum Gasteiger partial charge on any atom is 0.123 e. The molecule has 0 heterocycles. The Bertz CT molecular complexity index is 356. The summed E-state index contributed by atoms with van der Waals surface area (Å²) < 4.78 is 13.2. The van der Waals surface area contributed by atoms with Gasteiger partial charge in [0.2, 0.25) is 0 Å². The molecule has 1 saturated carbocycles. The summed E-state index contributed by atoms with van der Waals surface area (Å²) >= 11 is 3.66. The van der Waals surface area contributed by atoms with Crippen molar-refractivity contribution in [3.8, 4) is 0 Å². The molecular weight excluding hydrogens is 291 g/mol. The van der Waals surface area contributed by atoms with Crippen LogP contribution in [0.15, 0.2) is 24.3 Å². The Kier molecular flexibility index (Phi) is 5.68. The fourth-order valence-electron chi connectivity index (χ4n) is 3.10. The molecule has 0 aromatic heterocycles. The molecule has 0 radical (unpaired) electrons. The second-order valence-corrected chi connectivity index (χ2v) is 6.15. The van der Waals surface area contributed by atoms with E-state index in [2.05, 4.69) is 22.0 Å². The number of halogens is 2. The highest BCUT2D eigenvalue weighted by Gasteiger charge is 2.22. The van der Waals surface area contributed by atoms with Gasteiger partial charge >= 0.3 is 0 Å². The Morgan fingerprint density at radius 1 is 1.17 bits per heavy atom. The topological polar surface area (TPSA) is 0 Å². The Balaban J connectivity index is 1.99. The van der Waals surface area contributed by atoms with Crippen molar-refractivity contribution in [3.05, 3.63) is 35.6 Å². The van der Waals surface area contributed by atoms with Crippen molar-refractivity contribution in [1.29, 1.82) is 0 Å². The quantitative estimate of drug-likeness (QED) is 0.519. The molecule has 2 heteroatoms. The molecule has 0 nitrogen and oxygen atoms in total. The van der Waals surface area contributed by atoms with Gasteiger partial charge in [-0.1, -0.05) is 66.6 Å². The predicted octanol–water partition coefficient (Wildman–Crippen LogP) is 5.35. The van der Waals surface area contributed by atoms with E-state index in [1.54, 1.807) is 6.07 Å². The van der Waals surface area contributed by atoms with Crippen molar-refractivity contribution in [1.82, 2.24) is 0 Å². The third-order valence-corrected chi connectivity index (χ3v) is 4.98. The zero-order valence-corrected chi connectivity index (χ0v) is 12.5. The van der Waals surface area contributed by atoms with Crippen LogP contribution >= 0.6 is 15.9 Å². The first-order valence-corrected chi connectivity index (χ1v) is 8.22. The number of hydrogen-bond donors (Lipinski definition) is 0. The van der Waals surface area contributed by atoms with Crippen LogP contribution in [0.2, 0.25) is 0 Å². The van der Waals surface area contributed by atoms with Gasteiger partial charge in [0.1, 0.15) is 5.82 Å². The van der Waals surface area contributed by atoms with Gasteiger partial charge in [0.05, 0.1) is 0 Å². The second kappa shape index (κ2) is 7.28. The highest BCUT2D eigenvalue weighted by Crippen LogP contribution is 2.32. The summed E-state index contributed by atoms with van der Waals surface area (Å²) in [5.41, 5.74) is 1.14. The summed E-state index contributed by atoms with van der Waals surface area (Å²) in [6.45, 7) is 0. The van der Waals surface area contributed by atoms with E-state index >= 15 is 0 Å². The fraction of sp³-hybridized carbons (Fsp3) is 0.625. The first kappa shape index (κ1) is 14.0. The van der Waals surface area contributed by atoms with Crippen LogP contribution in [-0.4, -0.2) is 5.33 Å². The van der Waals surface area contributed by atoms with E-state index in [0.717, 1.165) is 23.2 Å². The molecule has 18 heavy (non-hydrogen) atoms. The monoisotopic (exact) mass is 312 g/mol. The predicted molar refractivity (Wildman–Crippen MR) is 78.6 cm³/mol. The summed E-state index contributed by atoms with van der Waals surface area (Å²) in [6, 6.07) is 7.09. The molecule has 0 bridgehead atoms. The van der Waals surface area contributed by atoms with Crippen LogP contribution in [0, 0.1) is 17.7 Å². The van der Waals surface area contributed by atoms with Crippen molar-refractivity contribution in [2.75, 3.05) is 5.33 Å².